The van der Waals surface area contributed by atoms with Gasteiger partial charge in [0.2, 0.25) is 0 Å². The van der Waals surface area contributed by atoms with Gasteiger partial charge in [-0.05, 0) is 24.3 Å². The monoisotopic (exact) mass is 260 g/mol. The second kappa shape index (κ2) is 5.43. The quantitative estimate of drug-likeness (QED) is 0.631. The van der Waals surface area contributed by atoms with Crippen molar-refractivity contribution in [2.45, 2.75) is 6.42 Å². The molecule has 0 bridgehead atoms. The standard InChI is InChI=1S/C13H16N4O2/c1-17-10(4-6-16-17)5-7-19-13(18)11-3-2-9(14)8-12(11)15/h2-4,6,8H,5,7,14-15H2,1H3. The Kier molecular flexibility index (Phi) is 3.70. The van der Waals surface area contributed by atoms with Crippen LogP contribution in [-0.2, 0) is 18.2 Å². The van der Waals surface area contributed by atoms with Gasteiger partial charge in [-0.1, -0.05) is 0 Å². The first-order valence-electron chi connectivity index (χ1n) is 5.87. The zero-order valence-corrected chi connectivity index (χ0v) is 10.7. The van der Waals surface area contributed by atoms with E-state index in [1.807, 2.05) is 13.1 Å². The Balaban J connectivity index is 1.93. The maximum absolute atomic E-state index is 11.8. The van der Waals surface area contributed by atoms with Gasteiger partial charge in [0.25, 0.3) is 0 Å². The van der Waals surface area contributed by atoms with Gasteiger partial charge in [-0.25, -0.2) is 4.79 Å². The minimum Gasteiger partial charge on any atom is -0.462 e. The number of carbonyl (C=O) groups is 1. The van der Waals surface area contributed by atoms with Gasteiger partial charge in [0.1, 0.15) is 0 Å². The van der Waals surface area contributed by atoms with Crippen molar-refractivity contribution in [2.24, 2.45) is 7.05 Å². The molecule has 0 unspecified atom stereocenters. The van der Waals surface area contributed by atoms with E-state index in [0.717, 1.165) is 5.69 Å². The van der Waals surface area contributed by atoms with E-state index in [0.29, 0.717) is 23.4 Å². The van der Waals surface area contributed by atoms with Crippen molar-refractivity contribution in [1.82, 2.24) is 9.78 Å². The van der Waals surface area contributed by atoms with Crippen LogP contribution in [0.25, 0.3) is 0 Å². The number of anilines is 2. The van der Waals surface area contributed by atoms with Gasteiger partial charge in [-0.15, -0.1) is 0 Å². The first-order valence-corrected chi connectivity index (χ1v) is 5.87. The highest BCUT2D eigenvalue weighted by atomic mass is 16.5. The van der Waals surface area contributed by atoms with Crippen molar-refractivity contribution in [3.05, 3.63) is 41.7 Å². The van der Waals surface area contributed by atoms with Gasteiger partial charge in [0.05, 0.1) is 12.2 Å². The average molecular weight is 260 g/mol. The first-order chi connectivity index (χ1) is 9.08. The molecule has 2 aromatic rings. The minimum absolute atomic E-state index is 0.280. The second-order valence-electron chi connectivity index (χ2n) is 4.18. The summed E-state index contributed by atoms with van der Waals surface area (Å²) in [4.78, 5) is 11.8. The predicted octanol–water partition coefficient (Wildman–Crippen LogP) is 0.984. The van der Waals surface area contributed by atoms with Crippen molar-refractivity contribution in [3.63, 3.8) is 0 Å². The van der Waals surface area contributed by atoms with Crippen LogP contribution in [0.4, 0.5) is 11.4 Å². The van der Waals surface area contributed by atoms with Crippen LogP contribution in [-0.4, -0.2) is 22.4 Å². The summed E-state index contributed by atoms with van der Waals surface area (Å²) in [6.45, 7) is 0.280. The van der Waals surface area contributed by atoms with Gasteiger partial charge in [-0.3, -0.25) is 4.68 Å². The molecule has 0 aliphatic heterocycles. The molecule has 0 saturated carbocycles. The molecule has 0 atom stereocenters. The molecule has 0 aliphatic carbocycles. The Morgan fingerprint density at radius 1 is 1.37 bits per heavy atom. The highest BCUT2D eigenvalue weighted by Gasteiger charge is 2.11. The fraction of sp³-hybridized carbons (Fsp3) is 0.231. The third-order valence-corrected chi connectivity index (χ3v) is 2.81. The second-order valence-corrected chi connectivity index (χ2v) is 4.18. The highest BCUT2D eigenvalue weighted by molar-refractivity contribution is 5.95. The Morgan fingerprint density at radius 3 is 2.79 bits per heavy atom. The van der Waals surface area contributed by atoms with Crippen LogP contribution in [0.1, 0.15) is 16.1 Å². The molecule has 0 fully saturated rings. The van der Waals surface area contributed by atoms with Crippen molar-refractivity contribution in [3.8, 4) is 0 Å². The molecule has 19 heavy (non-hydrogen) atoms. The highest BCUT2D eigenvalue weighted by Crippen LogP contribution is 2.16. The van der Waals surface area contributed by atoms with E-state index in [4.69, 9.17) is 16.2 Å². The lowest BCUT2D eigenvalue weighted by molar-refractivity contribution is 0.0509. The Hall–Kier alpha value is -2.50. The summed E-state index contributed by atoms with van der Waals surface area (Å²) in [7, 11) is 1.84. The van der Waals surface area contributed by atoms with Crippen LogP contribution in [0.2, 0.25) is 0 Å². The summed E-state index contributed by atoms with van der Waals surface area (Å²) >= 11 is 0. The molecule has 0 spiro atoms. The lowest BCUT2D eigenvalue weighted by Crippen LogP contribution is -2.12. The zero-order chi connectivity index (χ0) is 13.8. The summed E-state index contributed by atoms with van der Waals surface area (Å²) in [5.41, 5.74) is 13.5. The SMILES string of the molecule is Cn1nccc1CCOC(=O)c1ccc(N)cc1N. The Morgan fingerprint density at radius 2 is 2.16 bits per heavy atom. The number of rotatable bonds is 4. The van der Waals surface area contributed by atoms with E-state index < -0.39 is 5.97 Å². The predicted molar refractivity (Wildman–Crippen MR) is 72.5 cm³/mol. The zero-order valence-electron chi connectivity index (χ0n) is 10.7. The molecule has 100 valence electrons. The average Bonchev–Trinajstić information content (AvgIpc) is 2.75. The van der Waals surface area contributed by atoms with E-state index in [1.165, 1.54) is 6.07 Å². The summed E-state index contributed by atoms with van der Waals surface area (Å²) in [5, 5.41) is 4.04. The lowest BCUT2D eigenvalue weighted by Gasteiger charge is -2.07. The Bertz CT molecular complexity index is 592. The summed E-state index contributed by atoms with van der Waals surface area (Å²) in [6.07, 6.45) is 2.31. The number of nitrogen functional groups attached to an aromatic ring is 2. The number of aryl methyl sites for hydroxylation is 1. The van der Waals surface area contributed by atoms with E-state index in [2.05, 4.69) is 5.10 Å². The number of esters is 1. The number of hydrogen-bond donors (Lipinski definition) is 2. The molecule has 1 aromatic heterocycles. The third-order valence-electron chi connectivity index (χ3n) is 2.81. The van der Waals surface area contributed by atoms with Crippen molar-refractivity contribution in [2.75, 3.05) is 18.1 Å². The normalized spacial score (nSPS) is 10.4. The lowest BCUT2D eigenvalue weighted by atomic mass is 10.1. The van der Waals surface area contributed by atoms with Gasteiger partial charge < -0.3 is 16.2 Å². The van der Waals surface area contributed by atoms with Crippen molar-refractivity contribution in [1.29, 1.82) is 0 Å². The molecule has 0 amide bonds. The largest absolute Gasteiger partial charge is 0.462 e. The van der Waals surface area contributed by atoms with Crippen LogP contribution in [0.5, 0.6) is 0 Å². The van der Waals surface area contributed by atoms with Gasteiger partial charge >= 0.3 is 5.97 Å². The molecule has 6 heteroatoms. The third kappa shape index (κ3) is 3.04. The summed E-state index contributed by atoms with van der Waals surface area (Å²) in [6, 6.07) is 6.61. The molecule has 0 saturated heterocycles. The number of ether oxygens (including phenoxy) is 1. The van der Waals surface area contributed by atoms with Crippen LogP contribution in [0.3, 0.4) is 0 Å². The number of aromatic nitrogens is 2. The van der Waals surface area contributed by atoms with Crippen LogP contribution < -0.4 is 11.5 Å². The van der Waals surface area contributed by atoms with Crippen LogP contribution in [0.15, 0.2) is 30.5 Å². The number of nitrogens with zero attached hydrogens (tertiary/aromatic N) is 2. The van der Waals surface area contributed by atoms with Crippen LogP contribution in [0, 0.1) is 0 Å². The van der Waals surface area contributed by atoms with Crippen LogP contribution >= 0.6 is 0 Å². The molecule has 0 radical (unpaired) electrons. The molecule has 1 heterocycles. The summed E-state index contributed by atoms with van der Waals surface area (Å²) in [5.74, 6) is -0.445. The molecular formula is C13H16N4O2. The van der Waals surface area contributed by atoms with E-state index in [9.17, 15) is 4.79 Å². The Labute approximate surface area is 111 Å². The molecule has 1 aromatic carbocycles. The topological polar surface area (TPSA) is 96.2 Å². The van der Waals surface area contributed by atoms with E-state index >= 15 is 0 Å². The number of nitrogens with two attached hydrogens (primary N) is 2. The van der Waals surface area contributed by atoms with Gasteiger partial charge in [0.15, 0.2) is 0 Å². The smallest absolute Gasteiger partial charge is 0.340 e. The first kappa shape index (κ1) is 12.9. The fourth-order valence-electron chi connectivity index (χ4n) is 1.74. The molecule has 2 rings (SSSR count). The summed E-state index contributed by atoms with van der Waals surface area (Å²) < 4.78 is 6.92. The molecule has 6 nitrogen and oxygen atoms in total. The van der Waals surface area contributed by atoms with Crippen molar-refractivity contribution < 1.29 is 9.53 Å². The fourth-order valence-corrected chi connectivity index (χ4v) is 1.74. The van der Waals surface area contributed by atoms with Crippen molar-refractivity contribution >= 4 is 17.3 Å². The number of benzene rings is 1. The van der Waals surface area contributed by atoms with Gasteiger partial charge in [-0.2, -0.15) is 5.10 Å². The molecule has 4 N–H and O–H groups in total. The maximum atomic E-state index is 11.8. The van der Waals surface area contributed by atoms with Gasteiger partial charge in [0, 0.05) is 36.7 Å². The molecule has 0 aliphatic rings. The van der Waals surface area contributed by atoms with E-state index in [-0.39, 0.29) is 6.61 Å². The number of hydrogen-bond acceptors (Lipinski definition) is 5. The number of carbonyl (C=O) groups excluding carboxylic acids is 1. The van der Waals surface area contributed by atoms with E-state index in [1.54, 1.807) is 23.0 Å². The molecular weight excluding hydrogens is 244 g/mol. The minimum atomic E-state index is -0.445. The maximum Gasteiger partial charge on any atom is 0.340 e.